The topological polar surface area (TPSA) is 140 Å². The van der Waals surface area contributed by atoms with Gasteiger partial charge in [-0.3, -0.25) is 4.79 Å². The van der Waals surface area contributed by atoms with Crippen LogP contribution < -0.4 is 14.8 Å². The van der Waals surface area contributed by atoms with E-state index in [0.29, 0.717) is 31.4 Å². The lowest BCUT2D eigenvalue weighted by atomic mass is 9.51. The summed E-state index contributed by atoms with van der Waals surface area (Å²) < 4.78 is 84.9. The SMILES string of the molecule is Cc1cccc(C)c1-c1cc2nc(n1)NS(=O)(=O)c1cccc(c1)C(=O)N(C1CC3(CC(NC(=O)OC(C)(C)C)C3)C1)[C@H](CC(C)(C)C(F)(F)F)CO2. The number of amides is 2. The van der Waals surface area contributed by atoms with Crippen LogP contribution in [0.1, 0.15) is 88.2 Å². The minimum atomic E-state index is -4.60. The van der Waals surface area contributed by atoms with Gasteiger partial charge in [-0.1, -0.05) is 38.1 Å². The molecule has 2 aromatic carbocycles. The van der Waals surface area contributed by atoms with Crippen molar-refractivity contribution in [1.82, 2.24) is 20.2 Å². The molecule has 1 spiro atoms. The Morgan fingerprint density at radius 1 is 1.00 bits per heavy atom. The van der Waals surface area contributed by atoms with Crippen LogP contribution in [0.5, 0.6) is 5.88 Å². The van der Waals surface area contributed by atoms with Crippen LogP contribution in [0.25, 0.3) is 11.3 Å². The molecule has 286 valence electrons. The number of ether oxygens (including phenoxy) is 2. The Balaban J connectivity index is 1.38. The van der Waals surface area contributed by atoms with Crippen molar-refractivity contribution >= 4 is 28.0 Å². The van der Waals surface area contributed by atoms with Crippen LogP contribution in [0.15, 0.2) is 53.4 Å². The number of fused-ring (bicyclic) bond motifs is 4. The van der Waals surface area contributed by atoms with Crippen LogP contribution in [-0.2, 0) is 14.8 Å². The van der Waals surface area contributed by atoms with Crippen molar-refractivity contribution in [1.29, 1.82) is 0 Å². The highest BCUT2D eigenvalue weighted by atomic mass is 32.2. The van der Waals surface area contributed by atoms with Crippen LogP contribution >= 0.6 is 0 Å². The number of nitrogens with one attached hydrogen (secondary N) is 2. The first-order valence-electron chi connectivity index (χ1n) is 17.7. The Labute approximate surface area is 308 Å². The van der Waals surface area contributed by atoms with Crippen LogP contribution in [0.2, 0.25) is 0 Å². The first-order valence-corrected chi connectivity index (χ1v) is 19.1. The number of nitrogens with zero attached hydrogens (tertiary/aromatic N) is 3. The quantitative estimate of drug-likeness (QED) is 0.272. The van der Waals surface area contributed by atoms with Crippen molar-refractivity contribution in [3.8, 4) is 17.1 Å². The van der Waals surface area contributed by atoms with E-state index >= 15 is 0 Å². The monoisotopic (exact) mass is 757 g/mol. The molecule has 2 aliphatic carbocycles. The first-order chi connectivity index (χ1) is 24.5. The van der Waals surface area contributed by atoms with Gasteiger partial charge in [-0.25, -0.2) is 22.9 Å². The van der Waals surface area contributed by atoms with Gasteiger partial charge < -0.3 is 19.7 Å². The number of aryl methyl sites for hydroxylation is 2. The van der Waals surface area contributed by atoms with E-state index < -0.39 is 57.7 Å². The summed E-state index contributed by atoms with van der Waals surface area (Å²) >= 11 is 0. The number of halogens is 3. The van der Waals surface area contributed by atoms with Crippen LogP contribution in [-0.4, -0.2) is 71.8 Å². The number of aromatic nitrogens is 2. The second-order valence-electron chi connectivity index (χ2n) is 16.4. The van der Waals surface area contributed by atoms with E-state index in [4.69, 9.17) is 9.47 Å². The number of hydrogen-bond donors (Lipinski definition) is 2. The highest BCUT2D eigenvalue weighted by molar-refractivity contribution is 7.92. The maximum Gasteiger partial charge on any atom is 0.407 e. The van der Waals surface area contributed by atoms with Gasteiger partial charge in [-0.05, 0) is 101 Å². The number of alkyl halides is 3. The number of benzene rings is 2. The number of carbonyl (C=O) groups excluding carboxylic acids is 2. The Morgan fingerprint density at radius 2 is 1.64 bits per heavy atom. The number of anilines is 1. The van der Waals surface area contributed by atoms with Gasteiger partial charge in [0.05, 0.1) is 22.0 Å². The van der Waals surface area contributed by atoms with E-state index in [0.717, 1.165) is 30.5 Å². The van der Waals surface area contributed by atoms with Gasteiger partial charge in [0.25, 0.3) is 15.9 Å². The largest absolute Gasteiger partial charge is 0.475 e. The van der Waals surface area contributed by atoms with Crippen molar-refractivity contribution in [2.45, 2.75) is 115 Å². The summed E-state index contributed by atoms with van der Waals surface area (Å²) in [6.07, 6.45) is -3.38. The van der Waals surface area contributed by atoms with Gasteiger partial charge in [0.1, 0.15) is 12.2 Å². The van der Waals surface area contributed by atoms with E-state index in [2.05, 4.69) is 20.0 Å². The van der Waals surface area contributed by atoms with Gasteiger partial charge in [-0.15, -0.1) is 0 Å². The minimum Gasteiger partial charge on any atom is -0.475 e. The third kappa shape index (κ3) is 8.09. The Kier molecular flexibility index (Phi) is 9.74. The average molecular weight is 758 g/mol. The normalized spacial score (nSPS) is 24.3. The number of carbonyl (C=O) groups is 2. The van der Waals surface area contributed by atoms with Crippen molar-refractivity contribution in [3.05, 3.63) is 65.2 Å². The zero-order chi connectivity index (χ0) is 38.7. The van der Waals surface area contributed by atoms with E-state index in [1.807, 2.05) is 32.0 Å². The van der Waals surface area contributed by atoms with Crippen LogP contribution in [0, 0.1) is 24.7 Å². The van der Waals surface area contributed by atoms with Crippen molar-refractivity contribution < 1.29 is 40.7 Å². The summed E-state index contributed by atoms with van der Waals surface area (Å²) in [5.41, 5.74) is -0.303. The summed E-state index contributed by atoms with van der Waals surface area (Å²) in [5.74, 6) is -0.964. The second kappa shape index (κ2) is 13.5. The molecule has 6 rings (SSSR count). The summed E-state index contributed by atoms with van der Waals surface area (Å²) in [6.45, 7) is 10.9. The third-order valence-corrected chi connectivity index (χ3v) is 11.8. The van der Waals surface area contributed by atoms with E-state index in [9.17, 15) is 31.2 Å². The fraction of sp³-hybridized carbons (Fsp3) is 0.526. The molecule has 11 nitrogen and oxygen atoms in total. The van der Waals surface area contributed by atoms with Crippen molar-refractivity contribution in [3.63, 3.8) is 0 Å². The lowest BCUT2D eigenvalue weighted by molar-refractivity contribution is -0.219. The smallest absolute Gasteiger partial charge is 0.407 e. The fourth-order valence-electron chi connectivity index (χ4n) is 7.80. The summed E-state index contributed by atoms with van der Waals surface area (Å²) in [6, 6.07) is 10.9. The first kappa shape index (κ1) is 38.3. The van der Waals surface area contributed by atoms with Gasteiger partial charge in [-0.2, -0.15) is 18.2 Å². The molecule has 15 heteroatoms. The Morgan fingerprint density at radius 3 is 2.26 bits per heavy atom. The Bertz CT molecular complexity index is 2000. The average Bonchev–Trinajstić information content (AvgIpc) is 2.99. The van der Waals surface area contributed by atoms with Gasteiger partial charge in [0.15, 0.2) is 0 Å². The molecule has 1 atom stereocenters. The molecular weight excluding hydrogens is 712 g/mol. The standard InChI is InChI=1S/C38H46F3N5O6S/c1-22-10-8-11-23(2)31(22)29-15-30-44-33(43-29)45-53(49,50)28-13-9-12-24(14-28)32(47)46(27(21-51-30)18-36(6,7)38(39,40)41)26-19-37(20-26)16-25(17-37)42-34(48)52-35(3,4)5/h8-15,25-27H,16-21H2,1-7H3,(H,42,48)(H,43,44,45)/t25?,26?,27-,37?/m1/s1. The zero-order valence-corrected chi connectivity index (χ0v) is 31.7. The summed E-state index contributed by atoms with van der Waals surface area (Å²) in [7, 11) is -4.33. The highest BCUT2D eigenvalue weighted by Gasteiger charge is 2.57. The van der Waals surface area contributed by atoms with E-state index in [1.165, 1.54) is 35.2 Å². The number of hydrogen-bond acceptors (Lipinski definition) is 8. The molecule has 2 N–H and O–H groups in total. The highest BCUT2D eigenvalue weighted by Crippen LogP contribution is 2.58. The molecule has 2 fully saturated rings. The van der Waals surface area contributed by atoms with Gasteiger partial charge >= 0.3 is 12.3 Å². The number of alkyl carbamates (subject to hydrolysis) is 1. The molecule has 3 aromatic rings. The van der Waals surface area contributed by atoms with Crippen LogP contribution in [0.3, 0.4) is 0 Å². The molecule has 2 amide bonds. The zero-order valence-electron chi connectivity index (χ0n) is 30.9. The molecule has 4 bridgehead atoms. The maximum atomic E-state index is 14.5. The molecule has 3 aliphatic rings. The third-order valence-electron chi connectivity index (χ3n) is 10.4. The predicted molar refractivity (Wildman–Crippen MR) is 192 cm³/mol. The molecular formula is C38H46F3N5O6S. The fourth-order valence-corrected chi connectivity index (χ4v) is 8.79. The lowest BCUT2D eigenvalue weighted by Crippen LogP contribution is -2.64. The molecule has 2 heterocycles. The van der Waals surface area contributed by atoms with Gasteiger partial charge in [0, 0.05) is 29.3 Å². The summed E-state index contributed by atoms with van der Waals surface area (Å²) in [4.78, 5) is 37.0. The lowest BCUT2D eigenvalue weighted by Gasteiger charge is -2.61. The van der Waals surface area contributed by atoms with E-state index in [-0.39, 0.29) is 40.4 Å². The summed E-state index contributed by atoms with van der Waals surface area (Å²) in [5, 5.41) is 2.88. The molecule has 53 heavy (non-hydrogen) atoms. The van der Waals surface area contributed by atoms with E-state index in [1.54, 1.807) is 20.8 Å². The number of sulfonamides is 1. The Hall–Kier alpha value is -4.40. The molecule has 2 saturated carbocycles. The second-order valence-corrected chi connectivity index (χ2v) is 18.1. The molecule has 0 radical (unpaired) electrons. The maximum absolute atomic E-state index is 14.5. The van der Waals surface area contributed by atoms with Crippen LogP contribution in [0.4, 0.5) is 23.9 Å². The molecule has 1 aliphatic heterocycles. The van der Waals surface area contributed by atoms with Crippen molar-refractivity contribution in [2.24, 2.45) is 10.8 Å². The molecule has 0 saturated heterocycles. The minimum absolute atomic E-state index is 0.00446. The molecule has 1 aromatic heterocycles. The van der Waals surface area contributed by atoms with Gasteiger partial charge in [0.2, 0.25) is 11.8 Å². The molecule has 0 unspecified atom stereocenters. The number of rotatable bonds is 5. The predicted octanol–water partition coefficient (Wildman–Crippen LogP) is 7.58. The van der Waals surface area contributed by atoms with Crippen molar-refractivity contribution in [2.75, 3.05) is 11.3 Å².